The standard InChI is InChI=1S/C10H11BrClNOS/c11-7-4-8(15-10(7)12)9(14)6-2-1-3-13-5-6/h4,6,13H,1-3,5H2. The molecule has 0 amide bonds. The van der Waals surface area contributed by atoms with Crippen molar-refractivity contribution in [1.82, 2.24) is 5.32 Å². The normalized spacial score (nSPS) is 21.6. The molecule has 0 radical (unpaired) electrons. The van der Waals surface area contributed by atoms with Gasteiger partial charge in [-0.3, -0.25) is 4.79 Å². The molecular formula is C10H11BrClNOS. The summed E-state index contributed by atoms with van der Waals surface area (Å²) in [4.78, 5) is 12.8. The predicted octanol–water partition coefficient (Wildman–Crippen LogP) is 3.35. The van der Waals surface area contributed by atoms with Crippen LogP contribution in [0.3, 0.4) is 0 Å². The van der Waals surface area contributed by atoms with Crippen molar-refractivity contribution in [2.24, 2.45) is 5.92 Å². The molecule has 1 fully saturated rings. The lowest BCUT2D eigenvalue weighted by Gasteiger charge is -2.20. The third kappa shape index (κ3) is 2.61. The Labute approximate surface area is 106 Å². The summed E-state index contributed by atoms with van der Waals surface area (Å²) < 4.78 is 1.48. The van der Waals surface area contributed by atoms with Gasteiger partial charge in [0.2, 0.25) is 0 Å². The van der Waals surface area contributed by atoms with Gasteiger partial charge in [-0.2, -0.15) is 0 Å². The minimum absolute atomic E-state index is 0.125. The zero-order valence-corrected chi connectivity index (χ0v) is 11.2. The highest BCUT2D eigenvalue weighted by molar-refractivity contribution is 9.10. The molecule has 1 aromatic rings. The van der Waals surface area contributed by atoms with Crippen molar-refractivity contribution in [1.29, 1.82) is 0 Å². The fraction of sp³-hybridized carbons (Fsp3) is 0.500. The van der Waals surface area contributed by atoms with Crippen LogP contribution in [0, 0.1) is 5.92 Å². The van der Waals surface area contributed by atoms with Crippen molar-refractivity contribution in [3.8, 4) is 0 Å². The van der Waals surface area contributed by atoms with Crippen LogP contribution in [0.4, 0.5) is 0 Å². The van der Waals surface area contributed by atoms with Crippen molar-refractivity contribution in [2.45, 2.75) is 12.8 Å². The van der Waals surface area contributed by atoms with Gasteiger partial charge in [0.05, 0.1) is 4.88 Å². The lowest BCUT2D eigenvalue weighted by molar-refractivity contribution is 0.0904. The van der Waals surface area contributed by atoms with E-state index in [1.807, 2.05) is 6.07 Å². The van der Waals surface area contributed by atoms with Crippen molar-refractivity contribution in [2.75, 3.05) is 13.1 Å². The van der Waals surface area contributed by atoms with Gasteiger partial charge in [-0.1, -0.05) is 11.6 Å². The van der Waals surface area contributed by atoms with E-state index in [0.717, 1.165) is 35.3 Å². The molecule has 5 heteroatoms. The Hall–Kier alpha value is 0.1000. The first-order chi connectivity index (χ1) is 7.18. The molecule has 2 nitrogen and oxygen atoms in total. The molecular weight excluding hydrogens is 298 g/mol. The summed E-state index contributed by atoms with van der Waals surface area (Å²) in [5.41, 5.74) is 0. The summed E-state index contributed by atoms with van der Waals surface area (Å²) in [5, 5.41) is 3.25. The van der Waals surface area contributed by atoms with Crippen molar-refractivity contribution >= 4 is 44.7 Å². The van der Waals surface area contributed by atoms with E-state index in [9.17, 15) is 4.79 Å². The van der Waals surface area contributed by atoms with E-state index in [4.69, 9.17) is 11.6 Å². The van der Waals surface area contributed by atoms with Crippen LogP contribution < -0.4 is 5.32 Å². The van der Waals surface area contributed by atoms with Crippen LogP contribution in [0.1, 0.15) is 22.5 Å². The average molecular weight is 309 g/mol. The molecule has 2 rings (SSSR count). The Morgan fingerprint density at radius 1 is 1.67 bits per heavy atom. The van der Waals surface area contributed by atoms with Gasteiger partial charge in [0, 0.05) is 16.9 Å². The Balaban J connectivity index is 2.12. The smallest absolute Gasteiger partial charge is 0.177 e. The molecule has 1 N–H and O–H groups in total. The van der Waals surface area contributed by atoms with Gasteiger partial charge in [0.25, 0.3) is 0 Å². The van der Waals surface area contributed by atoms with Gasteiger partial charge in [0.1, 0.15) is 4.34 Å². The van der Waals surface area contributed by atoms with Gasteiger partial charge in [-0.25, -0.2) is 0 Å². The molecule has 82 valence electrons. The molecule has 1 unspecified atom stereocenters. The summed E-state index contributed by atoms with van der Waals surface area (Å²) in [6.45, 7) is 1.82. The summed E-state index contributed by atoms with van der Waals surface area (Å²) >= 11 is 10.6. The summed E-state index contributed by atoms with van der Waals surface area (Å²) in [5.74, 6) is 0.347. The highest BCUT2D eigenvalue weighted by atomic mass is 79.9. The lowest BCUT2D eigenvalue weighted by Crippen LogP contribution is -2.34. The molecule has 1 aliphatic rings. The highest BCUT2D eigenvalue weighted by Gasteiger charge is 2.24. The number of ketones is 1. The maximum absolute atomic E-state index is 12.1. The van der Waals surface area contributed by atoms with E-state index >= 15 is 0 Å². The SMILES string of the molecule is O=C(c1cc(Br)c(Cl)s1)C1CCCNC1. The van der Waals surface area contributed by atoms with Gasteiger partial charge in [0.15, 0.2) is 5.78 Å². The minimum Gasteiger partial charge on any atom is -0.316 e. The summed E-state index contributed by atoms with van der Waals surface area (Å²) in [6, 6.07) is 1.82. The van der Waals surface area contributed by atoms with E-state index in [-0.39, 0.29) is 11.7 Å². The minimum atomic E-state index is 0.125. The lowest BCUT2D eigenvalue weighted by atomic mass is 9.94. The quantitative estimate of drug-likeness (QED) is 0.849. The van der Waals surface area contributed by atoms with Crippen LogP contribution in [0.2, 0.25) is 4.34 Å². The molecule has 0 aliphatic carbocycles. The van der Waals surface area contributed by atoms with Gasteiger partial charge >= 0.3 is 0 Å². The molecule has 15 heavy (non-hydrogen) atoms. The monoisotopic (exact) mass is 307 g/mol. The molecule has 1 saturated heterocycles. The second-order valence-electron chi connectivity index (χ2n) is 3.64. The maximum Gasteiger partial charge on any atom is 0.177 e. The Bertz CT molecular complexity index is 354. The summed E-state index contributed by atoms with van der Waals surface area (Å²) in [7, 11) is 0. The first-order valence-corrected chi connectivity index (χ1v) is 6.87. The number of hydrogen-bond acceptors (Lipinski definition) is 3. The predicted molar refractivity (Wildman–Crippen MR) is 67.0 cm³/mol. The molecule has 1 aliphatic heterocycles. The topological polar surface area (TPSA) is 29.1 Å². The van der Waals surface area contributed by atoms with Crippen LogP contribution in [-0.2, 0) is 0 Å². The molecule has 0 aromatic carbocycles. The van der Waals surface area contributed by atoms with Crippen LogP contribution >= 0.6 is 38.9 Å². The number of piperidine rings is 1. The van der Waals surface area contributed by atoms with E-state index in [1.165, 1.54) is 11.3 Å². The third-order valence-corrected chi connectivity index (χ3v) is 5.04. The number of carbonyl (C=O) groups is 1. The summed E-state index contributed by atoms with van der Waals surface area (Å²) in [6.07, 6.45) is 2.07. The highest BCUT2D eigenvalue weighted by Crippen LogP contribution is 2.33. The number of halogens is 2. The Morgan fingerprint density at radius 3 is 3.00 bits per heavy atom. The van der Waals surface area contributed by atoms with Gasteiger partial charge in [-0.15, -0.1) is 11.3 Å². The van der Waals surface area contributed by atoms with Crippen molar-refractivity contribution < 1.29 is 4.79 Å². The van der Waals surface area contributed by atoms with Crippen LogP contribution in [0.5, 0.6) is 0 Å². The molecule has 0 saturated carbocycles. The zero-order valence-electron chi connectivity index (χ0n) is 8.06. The molecule has 0 bridgehead atoms. The largest absolute Gasteiger partial charge is 0.316 e. The second-order valence-corrected chi connectivity index (χ2v) is 6.15. The van der Waals surface area contributed by atoms with Crippen LogP contribution in [-0.4, -0.2) is 18.9 Å². The van der Waals surface area contributed by atoms with Gasteiger partial charge in [-0.05, 0) is 41.4 Å². The Morgan fingerprint density at radius 2 is 2.47 bits per heavy atom. The van der Waals surface area contributed by atoms with E-state index in [1.54, 1.807) is 0 Å². The fourth-order valence-corrected chi connectivity index (χ4v) is 3.47. The number of hydrogen-bond donors (Lipinski definition) is 1. The van der Waals surface area contributed by atoms with E-state index < -0.39 is 0 Å². The molecule has 0 spiro atoms. The number of nitrogens with one attached hydrogen (secondary N) is 1. The van der Waals surface area contributed by atoms with Gasteiger partial charge < -0.3 is 5.32 Å². The van der Waals surface area contributed by atoms with Crippen molar-refractivity contribution in [3.05, 3.63) is 19.8 Å². The maximum atomic E-state index is 12.1. The number of carbonyl (C=O) groups excluding carboxylic acids is 1. The number of Topliss-reactive ketones (excluding diaryl/α,β-unsaturated/α-hetero) is 1. The zero-order chi connectivity index (χ0) is 10.8. The molecule has 1 atom stereocenters. The van der Waals surface area contributed by atoms with Crippen LogP contribution in [0.15, 0.2) is 10.5 Å². The first kappa shape index (κ1) is 11.6. The number of rotatable bonds is 2. The fourth-order valence-electron chi connectivity index (χ4n) is 1.74. The van der Waals surface area contributed by atoms with E-state index in [0.29, 0.717) is 4.34 Å². The second kappa shape index (κ2) is 4.95. The Kier molecular flexibility index (Phi) is 3.83. The third-order valence-electron chi connectivity index (χ3n) is 2.56. The molecule has 1 aromatic heterocycles. The van der Waals surface area contributed by atoms with Crippen LogP contribution in [0.25, 0.3) is 0 Å². The number of thiophene rings is 1. The molecule has 2 heterocycles. The van der Waals surface area contributed by atoms with Crippen molar-refractivity contribution in [3.63, 3.8) is 0 Å². The average Bonchev–Trinajstić information content (AvgIpc) is 2.59. The van der Waals surface area contributed by atoms with E-state index in [2.05, 4.69) is 21.2 Å². The first-order valence-electron chi connectivity index (χ1n) is 4.88.